The predicted molar refractivity (Wildman–Crippen MR) is 90.9 cm³/mol. The van der Waals surface area contributed by atoms with Gasteiger partial charge in [0.15, 0.2) is 0 Å². The van der Waals surface area contributed by atoms with Crippen molar-refractivity contribution in [2.75, 3.05) is 6.54 Å². The average molecular weight is 332 g/mol. The molecule has 3 atom stereocenters. The lowest BCUT2D eigenvalue weighted by molar-refractivity contribution is 0.276. The maximum Gasteiger partial charge on any atom is 0.0603 e. The molecule has 1 fully saturated rings. The van der Waals surface area contributed by atoms with E-state index >= 15 is 0 Å². The molecule has 0 amide bonds. The molecule has 0 radical (unpaired) electrons. The molecule has 1 aromatic carbocycles. The summed E-state index contributed by atoms with van der Waals surface area (Å²) in [6.45, 7) is 3.06. The van der Waals surface area contributed by atoms with Gasteiger partial charge in [-0.3, -0.25) is 0 Å². The number of hydrogen-bond donors (Lipinski definition) is 1. The van der Waals surface area contributed by atoms with Gasteiger partial charge in [-0.1, -0.05) is 49.4 Å². The fourth-order valence-electron chi connectivity index (χ4n) is 3.08. The van der Waals surface area contributed by atoms with Gasteiger partial charge >= 0.3 is 0 Å². The van der Waals surface area contributed by atoms with Crippen LogP contribution in [0.4, 0.5) is 0 Å². The minimum Gasteiger partial charge on any atom is -0.330 e. The second-order valence-corrected chi connectivity index (χ2v) is 7.82. The summed E-state index contributed by atoms with van der Waals surface area (Å²) < 4.78 is 0. The molecule has 112 valence electrons. The molecule has 0 aliphatic heterocycles. The largest absolute Gasteiger partial charge is 0.330 e. The Kier molecular flexibility index (Phi) is 6.54. The van der Waals surface area contributed by atoms with Gasteiger partial charge in [-0.05, 0) is 49.4 Å². The van der Waals surface area contributed by atoms with Crippen molar-refractivity contribution in [3.63, 3.8) is 0 Å². The van der Waals surface area contributed by atoms with Crippen molar-refractivity contribution in [2.45, 2.75) is 49.2 Å². The van der Waals surface area contributed by atoms with Crippen LogP contribution in [-0.4, -0.2) is 11.8 Å². The second kappa shape index (κ2) is 7.93. The zero-order valence-corrected chi connectivity index (χ0v) is 14.3. The lowest BCUT2D eigenvalue weighted by atomic mass is 9.80. The lowest BCUT2D eigenvalue weighted by Crippen LogP contribution is -2.32. The molecule has 3 unspecified atom stereocenters. The number of hydrogen-bond acceptors (Lipinski definition) is 2. The Morgan fingerprint density at radius 1 is 1.25 bits per heavy atom. The summed E-state index contributed by atoms with van der Waals surface area (Å²) in [6.07, 6.45) is 6.51. The van der Waals surface area contributed by atoms with Crippen LogP contribution in [0.2, 0.25) is 10.0 Å². The van der Waals surface area contributed by atoms with E-state index in [0.29, 0.717) is 21.2 Å². The Morgan fingerprint density at radius 2 is 2.05 bits per heavy atom. The Labute approximate surface area is 136 Å². The van der Waals surface area contributed by atoms with Crippen molar-refractivity contribution >= 4 is 35.0 Å². The van der Waals surface area contributed by atoms with E-state index in [2.05, 4.69) is 13.0 Å². The molecule has 0 saturated heterocycles. The van der Waals surface area contributed by atoms with Crippen LogP contribution < -0.4 is 5.73 Å². The predicted octanol–water partition coefficient (Wildman–Crippen LogP) is 5.63. The van der Waals surface area contributed by atoms with Crippen LogP contribution in [0, 0.1) is 11.8 Å². The first-order valence-corrected chi connectivity index (χ1v) is 9.09. The molecule has 1 saturated carbocycles. The molecular formula is C16H23Cl2NS. The molecule has 0 bridgehead atoms. The summed E-state index contributed by atoms with van der Waals surface area (Å²) in [4.78, 5) is 1.21. The summed E-state index contributed by atoms with van der Waals surface area (Å²) >= 11 is 14.0. The van der Waals surface area contributed by atoms with Crippen LogP contribution in [0.5, 0.6) is 0 Å². The molecule has 0 heterocycles. The van der Waals surface area contributed by atoms with E-state index in [1.54, 1.807) is 0 Å². The summed E-state index contributed by atoms with van der Waals surface area (Å²) in [5.74, 6) is 1.49. The van der Waals surface area contributed by atoms with Crippen molar-refractivity contribution in [3.8, 4) is 0 Å². The highest BCUT2D eigenvalue weighted by atomic mass is 35.5. The Balaban J connectivity index is 2.04. The molecule has 1 aromatic rings. The van der Waals surface area contributed by atoms with Gasteiger partial charge < -0.3 is 5.73 Å². The van der Waals surface area contributed by atoms with Gasteiger partial charge in [-0.15, -0.1) is 11.8 Å². The fourth-order valence-corrected chi connectivity index (χ4v) is 4.94. The Hall–Kier alpha value is 0.110. The minimum atomic E-state index is 0.613. The minimum absolute atomic E-state index is 0.613. The van der Waals surface area contributed by atoms with E-state index in [1.807, 2.05) is 23.9 Å². The summed E-state index contributed by atoms with van der Waals surface area (Å²) in [7, 11) is 0. The van der Waals surface area contributed by atoms with Crippen LogP contribution in [-0.2, 0) is 0 Å². The molecule has 1 nitrogen and oxygen atoms in total. The lowest BCUT2D eigenvalue weighted by Gasteiger charge is -2.35. The van der Waals surface area contributed by atoms with E-state index in [4.69, 9.17) is 28.9 Å². The highest BCUT2D eigenvalue weighted by Gasteiger charge is 2.30. The summed E-state index contributed by atoms with van der Waals surface area (Å²) in [5, 5.41) is 1.88. The molecule has 1 aliphatic carbocycles. The first-order chi connectivity index (χ1) is 9.63. The molecule has 2 N–H and O–H groups in total. The third kappa shape index (κ3) is 4.30. The molecular weight excluding hydrogens is 309 g/mol. The molecule has 0 aromatic heterocycles. The number of rotatable bonds is 5. The van der Waals surface area contributed by atoms with Crippen LogP contribution in [0.3, 0.4) is 0 Å². The van der Waals surface area contributed by atoms with Crippen LogP contribution in [0.15, 0.2) is 23.1 Å². The topological polar surface area (TPSA) is 26.0 Å². The monoisotopic (exact) mass is 331 g/mol. The third-order valence-electron chi connectivity index (χ3n) is 4.22. The van der Waals surface area contributed by atoms with Crippen molar-refractivity contribution in [3.05, 3.63) is 28.2 Å². The molecule has 0 spiro atoms. The highest BCUT2D eigenvalue weighted by molar-refractivity contribution is 8.00. The quantitative estimate of drug-likeness (QED) is 0.756. The van der Waals surface area contributed by atoms with Gasteiger partial charge in [0.25, 0.3) is 0 Å². The molecule has 1 aliphatic rings. The molecule has 4 heteroatoms. The van der Waals surface area contributed by atoms with Gasteiger partial charge in [-0.25, -0.2) is 0 Å². The SMILES string of the molecule is CCCC1CCC(CN)C(Sc2ccc(Cl)c(Cl)c2)C1. The van der Waals surface area contributed by atoms with Crippen molar-refractivity contribution in [1.82, 2.24) is 0 Å². The zero-order valence-electron chi connectivity index (χ0n) is 11.9. The van der Waals surface area contributed by atoms with E-state index in [9.17, 15) is 0 Å². The summed E-state index contributed by atoms with van der Waals surface area (Å²) in [5.41, 5.74) is 5.96. The second-order valence-electron chi connectivity index (χ2n) is 5.70. The standard InChI is InChI=1S/C16H23Cl2NS/c1-2-3-11-4-5-12(10-19)16(8-11)20-13-6-7-14(17)15(18)9-13/h6-7,9,11-12,16H,2-5,8,10,19H2,1H3. The Bertz CT molecular complexity index is 438. The third-order valence-corrected chi connectivity index (χ3v) is 6.36. The maximum absolute atomic E-state index is 6.11. The van der Waals surface area contributed by atoms with Crippen LogP contribution >= 0.6 is 35.0 Å². The van der Waals surface area contributed by atoms with Crippen LogP contribution in [0.1, 0.15) is 39.0 Å². The van der Waals surface area contributed by atoms with E-state index in [1.165, 1.54) is 37.0 Å². The number of thioether (sulfide) groups is 1. The van der Waals surface area contributed by atoms with Gasteiger partial charge in [-0.2, -0.15) is 0 Å². The Morgan fingerprint density at radius 3 is 2.70 bits per heavy atom. The first kappa shape index (κ1) is 16.5. The average Bonchev–Trinajstić information content (AvgIpc) is 2.44. The van der Waals surface area contributed by atoms with E-state index in [0.717, 1.165) is 12.5 Å². The maximum atomic E-state index is 6.11. The van der Waals surface area contributed by atoms with Crippen molar-refractivity contribution in [1.29, 1.82) is 0 Å². The van der Waals surface area contributed by atoms with Gasteiger partial charge in [0.2, 0.25) is 0 Å². The smallest absolute Gasteiger partial charge is 0.0603 e. The normalized spacial score (nSPS) is 26.7. The first-order valence-electron chi connectivity index (χ1n) is 7.45. The van der Waals surface area contributed by atoms with Gasteiger partial charge in [0, 0.05) is 10.1 Å². The molecule has 2 rings (SSSR count). The summed E-state index contributed by atoms with van der Waals surface area (Å²) in [6, 6.07) is 5.93. The van der Waals surface area contributed by atoms with Crippen LogP contribution in [0.25, 0.3) is 0 Å². The van der Waals surface area contributed by atoms with Crippen molar-refractivity contribution < 1.29 is 0 Å². The van der Waals surface area contributed by atoms with Crippen molar-refractivity contribution in [2.24, 2.45) is 17.6 Å². The number of benzene rings is 1. The number of nitrogens with two attached hydrogens (primary N) is 1. The van der Waals surface area contributed by atoms with E-state index in [-0.39, 0.29) is 0 Å². The zero-order chi connectivity index (χ0) is 14.5. The van der Waals surface area contributed by atoms with Gasteiger partial charge in [0.1, 0.15) is 0 Å². The highest BCUT2D eigenvalue weighted by Crippen LogP contribution is 2.41. The van der Waals surface area contributed by atoms with E-state index < -0.39 is 0 Å². The fraction of sp³-hybridized carbons (Fsp3) is 0.625. The molecule has 20 heavy (non-hydrogen) atoms. The van der Waals surface area contributed by atoms with Gasteiger partial charge in [0.05, 0.1) is 10.0 Å². The number of halogens is 2.